The Morgan fingerprint density at radius 2 is 0.889 bits per heavy atom. The average molecular weight is 377 g/mol. The van der Waals surface area contributed by atoms with Crippen LogP contribution in [0.3, 0.4) is 0 Å². The minimum atomic E-state index is -1.56. The molecule has 142 valence electrons. The average Bonchev–Trinajstić information content (AvgIpc) is 2.70. The summed E-state index contributed by atoms with van der Waals surface area (Å²) in [7, 11) is -1.56. The third kappa shape index (κ3) is 6.33. The van der Waals surface area contributed by atoms with Gasteiger partial charge in [-0.05, 0) is 0 Å². The second-order valence-electron chi connectivity index (χ2n) is 7.94. The quantitative estimate of drug-likeness (QED) is 0.253. The fourth-order valence-electron chi connectivity index (χ4n) is 4.29. The molecule has 0 aliphatic heterocycles. The predicted octanol–water partition coefficient (Wildman–Crippen LogP) is 7.53. The van der Waals surface area contributed by atoms with Gasteiger partial charge in [0, 0.05) is 0 Å². The van der Waals surface area contributed by atoms with Gasteiger partial charge < -0.3 is 0 Å². The number of benzene rings is 3. The van der Waals surface area contributed by atoms with Crippen molar-refractivity contribution in [2.75, 3.05) is 6.16 Å². The van der Waals surface area contributed by atoms with Crippen LogP contribution in [0.25, 0.3) is 0 Å². The van der Waals surface area contributed by atoms with Crippen LogP contribution in [0.15, 0.2) is 91.0 Å². The van der Waals surface area contributed by atoms with Crippen molar-refractivity contribution in [1.29, 1.82) is 0 Å². The molecule has 0 bridgehead atoms. The maximum absolute atomic E-state index is 2.33. The Hall–Kier alpha value is -1.91. The van der Waals surface area contributed by atoms with Gasteiger partial charge in [0.05, 0.1) is 0 Å². The molecule has 0 aliphatic rings. The third-order valence-electron chi connectivity index (χ3n) is 5.58. The van der Waals surface area contributed by atoms with Gasteiger partial charge in [0.25, 0.3) is 0 Å². The fourth-order valence-corrected chi connectivity index (χ4v) is 9.50. The van der Waals surface area contributed by atoms with Gasteiger partial charge >= 0.3 is 166 Å². The van der Waals surface area contributed by atoms with E-state index in [0.717, 1.165) is 0 Å². The van der Waals surface area contributed by atoms with Crippen LogP contribution in [0.5, 0.6) is 0 Å². The van der Waals surface area contributed by atoms with Gasteiger partial charge in [0.15, 0.2) is 0 Å². The van der Waals surface area contributed by atoms with Crippen molar-refractivity contribution in [2.24, 2.45) is 0 Å². The molecule has 3 aromatic rings. The molecule has 0 heterocycles. The zero-order valence-electron chi connectivity index (χ0n) is 16.6. The van der Waals surface area contributed by atoms with E-state index in [1.54, 1.807) is 0 Å². The van der Waals surface area contributed by atoms with E-state index in [9.17, 15) is 0 Å². The fraction of sp³-hybridized carbons (Fsp3) is 0.308. The number of hydrogen-bond acceptors (Lipinski definition) is 0. The Balaban J connectivity index is 1.93. The van der Waals surface area contributed by atoms with Gasteiger partial charge in [-0.3, -0.25) is 0 Å². The summed E-state index contributed by atoms with van der Waals surface area (Å²) in [6.45, 7) is 2.31. The Morgan fingerprint density at radius 1 is 0.519 bits per heavy atom. The first-order valence-corrected chi connectivity index (χ1v) is 13.2. The van der Waals surface area contributed by atoms with E-state index in [1.807, 2.05) is 0 Å². The van der Waals surface area contributed by atoms with E-state index in [1.165, 1.54) is 60.6 Å². The predicted molar refractivity (Wildman–Crippen MR) is 123 cm³/mol. The van der Waals surface area contributed by atoms with E-state index in [4.69, 9.17) is 0 Å². The molecule has 0 aromatic heterocycles. The van der Waals surface area contributed by atoms with Crippen LogP contribution < -0.4 is 0 Å². The standard InChI is InChI=1S/C26H33P/c1-2-3-13-20-27(21-24-14-7-4-8-15-24,22-25-16-9-5-10-17-25)23-26-18-11-6-12-19-26/h4-12,14-19,27H,2-3,13,20-23H2,1H3. The molecule has 0 spiro atoms. The van der Waals surface area contributed by atoms with E-state index >= 15 is 0 Å². The minimum absolute atomic E-state index is 1.28. The summed E-state index contributed by atoms with van der Waals surface area (Å²) >= 11 is 0. The molecule has 0 nitrogen and oxygen atoms in total. The van der Waals surface area contributed by atoms with Crippen LogP contribution in [0.2, 0.25) is 0 Å². The Morgan fingerprint density at radius 3 is 1.22 bits per heavy atom. The van der Waals surface area contributed by atoms with Crippen molar-refractivity contribution in [3.8, 4) is 0 Å². The van der Waals surface area contributed by atoms with Gasteiger partial charge in [-0.1, -0.05) is 0 Å². The molecule has 0 fully saturated rings. The van der Waals surface area contributed by atoms with Crippen LogP contribution in [0.4, 0.5) is 0 Å². The van der Waals surface area contributed by atoms with E-state index in [0.29, 0.717) is 0 Å². The maximum atomic E-state index is 2.33. The molecule has 0 amide bonds. The molecule has 0 radical (unpaired) electrons. The molecule has 1 heteroatoms. The van der Waals surface area contributed by atoms with Crippen molar-refractivity contribution >= 4 is 7.26 Å². The molecule has 0 N–H and O–H groups in total. The molecule has 0 atom stereocenters. The summed E-state index contributed by atoms with van der Waals surface area (Å²) in [4.78, 5) is 0. The SMILES string of the molecule is CCCCC[PH](Cc1ccccc1)(Cc1ccccc1)Cc1ccccc1. The normalized spacial score (nSPS) is 12.0. The van der Waals surface area contributed by atoms with Gasteiger partial charge in [-0.15, -0.1) is 0 Å². The van der Waals surface area contributed by atoms with Crippen molar-refractivity contribution < 1.29 is 0 Å². The summed E-state index contributed by atoms with van der Waals surface area (Å²) in [6.07, 6.45) is 9.28. The number of hydrogen-bond donors (Lipinski definition) is 0. The van der Waals surface area contributed by atoms with Crippen LogP contribution in [0.1, 0.15) is 42.9 Å². The molecule has 0 saturated heterocycles. The summed E-state index contributed by atoms with van der Waals surface area (Å²) in [6, 6.07) is 33.6. The van der Waals surface area contributed by atoms with Gasteiger partial charge in [-0.25, -0.2) is 0 Å². The zero-order chi connectivity index (χ0) is 18.8. The first kappa shape index (κ1) is 19.8. The second kappa shape index (κ2) is 10.4. The van der Waals surface area contributed by atoms with Crippen LogP contribution in [0, 0.1) is 0 Å². The molecule has 3 aromatic carbocycles. The van der Waals surface area contributed by atoms with Crippen molar-refractivity contribution in [1.82, 2.24) is 0 Å². The second-order valence-corrected chi connectivity index (χ2v) is 12.5. The number of rotatable bonds is 10. The van der Waals surface area contributed by atoms with E-state index < -0.39 is 7.26 Å². The Bertz CT molecular complexity index is 664. The molecule has 0 saturated carbocycles. The Kier molecular flexibility index (Phi) is 7.66. The number of unbranched alkanes of at least 4 members (excludes halogenated alkanes) is 2. The van der Waals surface area contributed by atoms with Gasteiger partial charge in [0.1, 0.15) is 0 Å². The van der Waals surface area contributed by atoms with Crippen LogP contribution in [-0.2, 0) is 18.5 Å². The topological polar surface area (TPSA) is 0 Å². The third-order valence-corrected chi connectivity index (χ3v) is 10.5. The summed E-state index contributed by atoms with van der Waals surface area (Å²) in [5, 5.41) is 0. The first-order chi connectivity index (χ1) is 13.3. The van der Waals surface area contributed by atoms with Crippen molar-refractivity contribution in [3.05, 3.63) is 108 Å². The van der Waals surface area contributed by atoms with Crippen LogP contribution >= 0.6 is 7.26 Å². The van der Waals surface area contributed by atoms with Crippen molar-refractivity contribution in [3.63, 3.8) is 0 Å². The van der Waals surface area contributed by atoms with Gasteiger partial charge in [0.2, 0.25) is 0 Å². The monoisotopic (exact) mass is 376 g/mol. The zero-order valence-corrected chi connectivity index (χ0v) is 17.6. The molecular formula is C26H33P. The van der Waals surface area contributed by atoms with E-state index in [2.05, 4.69) is 97.9 Å². The molecule has 3 rings (SSSR count). The summed E-state index contributed by atoms with van der Waals surface area (Å²) in [5.41, 5.74) is 4.56. The molecular weight excluding hydrogens is 343 g/mol. The molecule has 0 unspecified atom stereocenters. The van der Waals surface area contributed by atoms with Crippen molar-refractivity contribution in [2.45, 2.75) is 44.7 Å². The summed E-state index contributed by atoms with van der Waals surface area (Å²) in [5.74, 6) is 0. The first-order valence-electron chi connectivity index (χ1n) is 10.4. The van der Waals surface area contributed by atoms with E-state index in [-0.39, 0.29) is 0 Å². The molecule has 27 heavy (non-hydrogen) atoms. The Labute approximate surface area is 166 Å². The van der Waals surface area contributed by atoms with Crippen LogP contribution in [-0.4, -0.2) is 6.16 Å². The summed E-state index contributed by atoms with van der Waals surface area (Å²) < 4.78 is 0. The van der Waals surface area contributed by atoms with Gasteiger partial charge in [-0.2, -0.15) is 0 Å². The molecule has 0 aliphatic carbocycles.